The van der Waals surface area contributed by atoms with Crippen molar-refractivity contribution < 1.29 is 0 Å². The molecule has 1 heterocycles. The zero-order valence-electron chi connectivity index (χ0n) is 6.13. The van der Waals surface area contributed by atoms with Crippen LogP contribution in [0.4, 0.5) is 0 Å². The van der Waals surface area contributed by atoms with E-state index >= 15 is 0 Å². The second-order valence-corrected chi connectivity index (χ2v) is 2.39. The van der Waals surface area contributed by atoms with Crippen molar-refractivity contribution in [3.63, 3.8) is 0 Å². The van der Waals surface area contributed by atoms with Crippen LogP contribution in [0.25, 0.3) is 0 Å². The van der Waals surface area contributed by atoms with Crippen molar-refractivity contribution in [1.82, 2.24) is 9.97 Å². The van der Waals surface area contributed by atoms with Gasteiger partial charge in [0.15, 0.2) is 0 Å². The molecule has 0 aliphatic carbocycles. The van der Waals surface area contributed by atoms with Gasteiger partial charge in [-0.25, -0.2) is 9.97 Å². The molecule has 0 aliphatic rings. The zero-order valence-corrected chi connectivity index (χ0v) is 6.88. The molecule has 11 heavy (non-hydrogen) atoms. The summed E-state index contributed by atoms with van der Waals surface area (Å²) in [5.41, 5.74) is 1.82. The molecule has 1 rings (SSSR count). The third-order valence-electron chi connectivity index (χ3n) is 1.27. The van der Waals surface area contributed by atoms with Gasteiger partial charge in [-0.15, -0.1) is 18.2 Å². The van der Waals surface area contributed by atoms with E-state index in [-0.39, 0.29) is 0 Å². The Labute approximate surface area is 70.9 Å². The van der Waals surface area contributed by atoms with Crippen LogP contribution in [0, 0.1) is 0 Å². The predicted octanol–water partition coefficient (Wildman–Crippen LogP) is 1.94. The molecule has 58 valence electrons. The summed E-state index contributed by atoms with van der Waals surface area (Å²) in [5.74, 6) is 0.437. The lowest BCUT2D eigenvalue weighted by Gasteiger charge is -1.96. The van der Waals surface area contributed by atoms with E-state index in [2.05, 4.69) is 16.5 Å². The Hall–Kier alpha value is -0.890. The molecule has 0 aromatic carbocycles. The highest BCUT2D eigenvalue weighted by molar-refractivity contribution is 6.16. The molecule has 0 aliphatic heterocycles. The summed E-state index contributed by atoms with van der Waals surface area (Å²) in [6.07, 6.45) is 4.10. The molecule has 0 bridgehead atoms. The van der Waals surface area contributed by atoms with Gasteiger partial charge >= 0.3 is 0 Å². The van der Waals surface area contributed by atoms with Crippen LogP contribution >= 0.6 is 11.6 Å². The molecule has 0 unspecified atom stereocenters. The van der Waals surface area contributed by atoms with Crippen molar-refractivity contribution in [1.29, 1.82) is 0 Å². The van der Waals surface area contributed by atoms with Crippen LogP contribution in [-0.4, -0.2) is 9.97 Å². The Morgan fingerprint density at radius 1 is 1.45 bits per heavy atom. The van der Waals surface area contributed by atoms with E-state index in [0.29, 0.717) is 5.88 Å². The maximum Gasteiger partial charge on any atom is 0.115 e. The monoisotopic (exact) mass is 168 g/mol. The summed E-state index contributed by atoms with van der Waals surface area (Å²) in [5, 5.41) is 0. The van der Waals surface area contributed by atoms with Crippen LogP contribution in [0.1, 0.15) is 11.4 Å². The van der Waals surface area contributed by atoms with Crippen molar-refractivity contribution in [3.05, 3.63) is 36.4 Å². The summed E-state index contributed by atoms with van der Waals surface area (Å²) in [7, 11) is 0. The minimum Gasteiger partial charge on any atom is -0.241 e. The number of hydrogen-bond donors (Lipinski definition) is 0. The van der Waals surface area contributed by atoms with Gasteiger partial charge in [-0.2, -0.15) is 0 Å². The fourth-order valence-electron chi connectivity index (χ4n) is 0.777. The Bertz CT molecular complexity index is 248. The highest BCUT2D eigenvalue weighted by Crippen LogP contribution is 2.01. The minimum atomic E-state index is 0.437. The molecule has 0 radical (unpaired) electrons. The fraction of sp³-hybridized carbons (Fsp3) is 0.250. The Kier molecular flexibility index (Phi) is 3.05. The van der Waals surface area contributed by atoms with Crippen molar-refractivity contribution >= 4 is 11.6 Å². The van der Waals surface area contributed by atoms with E-state index in [9.17, 15) is 0 Å². The van der Waals surface area contributed by atoms with E-state index in [1.807, 2.05) is 6.07 Å². The molecule has 3 heteroatoms. The molecule has 1 aromatic rings. The summed E-state index contributed by atoms with van der Waals surface area (Å²) < 4.78 is 0. The van der Waals surface area contributed by atoms with Crippen molar-refractivity contribution in [2.24, 2.45) is 0 Å². The predicted molar refractivity (Wildman–Crippen MR) is 45.5 cm³/mol. The van der Waals surface area contributed by atoms with Gasteiger partial charge in [0.2, 0.25) is 0 Å². The van der Waals surface area contributed by atoms with Gasteiger partial charge in [-0.05, 0) is 6.07 Å². The molecular formula is C8H9ClN2. The first kappa shape index (κ1) is 8.21. The number of nitrogens with zero attached hydrogens (tertiary/aromatic N) is 2. The highest BCUT2D eigenvalue weighted by Gasteiger charge is 1.94. The van der Waals surface area contributed by atoms with Gasteiger partial charge in [0.1, 0.15) is 6.33 Å². The van der Waals surface area contributed by atoms with Gasteiger partial charge in [0, 0.05) is 12.1 Å². The first-order chi connectivity index (χ1) is 5.36. The van der Waals surface area contributed by atoms with Crippen LogP contribution in [0.5, 0.6) is 0 Å². The molecule has 0 amide bonds. The van der Waals surface area contributed by atoms with Crippen molar-refractivity contribution in [2.45, 2.75) is 12.3 Å². The molecule has 0 saturated heterocycles. The third-order valence-corrected chi connectivity index (χ3v) is 1.54. The summed E-state index contributed by atoms with van der Waals surface area (Å²) in [6.45, 7) is 3.62. The number of aromatic nitrogens is 2. The number of alkyl halides is 1. The summed E-state index contributed by atoms with van der Waals surface area (Å²) in [4.78, 5) is 8.00. The normalized spacial score (nSPS) is 9.55. The van der Waals surface area contributed by atoms with Gasteiger partial charge in [0.25, 0.3) is 0 Å². The average Bonchev–Trinajstić information content (AvgIpc) is 2.06. The second-order valence-electron chi connectivity index (χ2n) is 2.13. The number of rotatable bonds is 3. The van der Waals surface area contributed by atoms with Crippen LogP contribution in [0.15, 0.2) is 25.0 Å². The average molecular weight is 169 g/mol. The lowest BCUT2D eigenvalue weighted by molar-refractivity contribution is 1.01. The quantitative estimate of drug-likeness (QED) is 0.509. The third kappa shape index (κ3) is 2.31. The molecule has 0 spiro atoms. The highest BCUT2D eigenvalue weighted by atomic mass is 35.5. The summed E-state index contributed by atoms with van der Waals surface area (Å²) in [6, 6.07) is 1.88. The van der Waals surface area contributed by atoms with Gasteiger partial charge in [0.05, 0.1) is 11.6 Å². The fourth-order valence-corrected chi connectivity index (χ4v) is 0.923. The molecule has 0 saturated carbocycles. The first-order valence-corrected chi connectivity index (χ1v) is 3.87. The van der Waals surface area contributed by atoms with Crippen LogP contribution < -0.4 is 0 Å². The van der Waals surface area contributed by atoms with Gasteiger partial charge in [-0.1, -0.05) is 6.08 Å². The van der Waals surface area contributed by atoms with E-state index in [4.69, 9.17) is 11.6 Å². The number of halogens is 1. The molecule has 1 aromatic heterocycles. The minimum absolute atomic E-state index is 0.437. The molecule has 0 N–H and O–H groups in total. The largest absolute Gasteiger partial charge is 0.241 e. The maximum absolute atomic E-state index is 5.58. The summed E-state index contributed by atoms with van der Waals surface area (Å²) >= 11 is 5.58. The van der Waals surface area contributed by atoms with E-state index < -0.39 is 0 Å². The first-order valence-electron chi connectivity index (χ1n) is 3.33. The maximum atomic E-state index is 5.58. The lowest BCUT2D eigenvalue weighted by atomic mass is 10.2. The topological polar surface area (TPSA) is 25.8 Å². The van der Waals surface area contributed by atoms with E-state index in [0.717, 1.165) is 17.8 Å². The van der Waals surface area contributed by atoms with Crippen LogP contribution in [0.3, 0.4) is 0 Å². The zero-order chi connectivity index (χ0) is 8.10. The number of allylic oxidation sites excluding steroid dienone is 1. The van der Waals surface area contributed by atoms with Gasteiger partial charge in [-0.3, -0.25) is 0 Å². The SMILES string of the molecule is C=CCc1cc(CCl)ncn1. The molecule has 0 fully saturated rings. The Morgan fingerprint density at radius 3 is 2.82 bits per heavy atom. The molecule has 0 atom stereocenters. The number of hydrogen-bond acceptors (Lipinski definition) is 2. The Morgan fingerprint density at radius 2 is 2.18 bits per heavy atom. The van der Waals surface area contributed by atoms with E-state index in [1.54, 1.807) is 6.08 Å². The lowest BCUT2D eigenvalue weighted by Crippen LogP contribution is -1.92. The standard InChI is InChI=1S/C8H9ClN2/c1-2-3-7-4-8(5-9)11-6-10-7/h2,4,6H,1,3,5H2. The van der Waals surface area contributed by atoms with Crippen LogP contribution in [-0.2, 0) is 12.3 Å². The van der Waals surface area contributed by atoms with Crippen molar-refractivity contribution in [3.8, 4) is 0 Å². The molecule has 2 nitrogen and oxygen atoms in total. The smallest absolute Gasteiger partial charge is 0.115 e. The second kappa shape index (κ2) is 4.09. The van der Waals surface area contributed by atoms with E-state index in [1.165, 1.54) is 6.33 Å². The molecular weight excluding hydrogens is 160 g/mol. The van der Waals surface area contributed by atoms with Crippen molar-refractivity contribution in [2.75, 3.05) is 0 Å². The van der Waals surface area contributed by atoms with Gasteiger partial charge < -0.3 is 0 Å². The van der Waals surface area contributed by atoms with Crippen LogP contribution in [0.2, 0.25) is 0 Å². The Balaban J connectivity index is 2.82.